The van der Waals surface area contributed by atoms with Crippen LogP contribution in [0.5, 0.6) is 0 Å². The van der Waals surface area contributed by atoms with E-state index in [1.54, 1.807) is 0 Å². The molecule has 6 nitrogen and oxygen atoms in total. The Kier molecular flexibility index (Phi) is 3.86. The van der Waals surface area contributed by atoms with Crippen LogP contribution < -0.4 is 5.32 Å². The van der Waals surface area contributed by atoms with E-state index in [0.717, 1.165) is 25.7 Å². The van der Waals surface area contributed by atoms with Gasteiger partial charge in [0.25, 0.3) is 0 Å². The van der Waals surface area contributed by atoms with Crippen LogP contribution >= 0.6 is 0 Å². The van der Waals surface area contributed by atoms with Gasteiger partial charge in [0.2, 0.25) is 11.8 Å². The molecule has 1 heterocycles. The Balaban J connectivity index is 1.55. The van der Waals surface area contributed by atoms with E-state index < -0.39 is 29.6 Å². The molecule has 0 radical (unpaired) electrons. The van der Waals surface area contributed by atoms with Crippen LogP contribution in [0.25, 0.3) is 0 Å². The first kappa shape index (κ1) is 15.9. The average molecular weight is 343 g/mol. The summed E-state index contributed by atoms with van der Waals surface area (Å²) in [6.07, 6.45) is 5.27. The lowest BCUT2D eigenvalue weighted by Crippen LogP contribution is -2.62. The number of carbonyl (C=O) groups is 3. The molecule has 2 saturated carbocycles. The lowest BCUT2D eigenvalue weighted by Gasteiger charge is -2.36. The number of hydrogen-bond donors (Lipinski definition) is 1. The Hall–Kier alpha value is -2.57. The fourth-order valence-electron chi connectivity index (χ4n) is 4.27. The zero-order valence-corrected chi connectivity index (χ0v) is 13.5. The number of urea groups is 1. The summed E-state index contributed by atoms with van der Waals surface area (Å²) in [7, 11) is 0. The van der Waals surface area contributed by atoms with E-state index in [1.807, 2.05) is 0 Å². The minimum atomic E-state index is -1.14. The molecule has 7 heteroatoms. The molecule has 2 bridgehead atoms. The molecule has 0 spiro atoms. The highest BCUT2D eigenvalue weighted by atomic mass is 19.1. The van der Waals surface area contributed by atoms with Crippen molar-refractivity contribution in [1.29, 1.82) is 0 Å². The topological polar surface area (TPSA) is 78.8 Å². The van der Waals surface area contributed by atoms with Crippen LogP contribution in [0.2, 0.25) is 0 Å². The number of nitrogens with one attached hydrogen (secondary N) is 1. The summed E-state index contributed by atoms with van der Waals surface area (Å²) in [5, 5.41) is 2.27. The summed E-state index contributed by atoms with van der Waals surface area (Å²) >= 11 is 0. The van der Waals surface area contributed by atoms with Gasteiger partial charge < -0.3 is 0 Å². The summed E-state index contributed by atoms with van der Waals surface area (Å²) in [6.45, 7) is 0. The molecule has 25 heavy (non-hydrogen) atoms. The molecule has 4 atom stereocenters. The van der Waals surface area contributed by atoms with Crippen molar-refractivity contribution in [3.63, 3.8) is 0 Å². The lowest BCUT2D eigenvalue weighted by molar-refractivity contribution is -0.141. The van der Waals surface area contributed by atoms with Crippen LogP contribution in [-0.4, -0.2) is 35.0 Å². The molecule has 0 aromatic heterocycles. The molecular weight excluding hydrogens is 325 g/mol. The van der Waals surface area contributed by atoms with Crippen LogP contribution in [-0.2, 0) is 9.59 Å². The second-order valence-electron chi connectivity index (χ2n) is 6.98. The third kappa shape index (κ3) is 2.83. The number of amides is 4. The largest absolute Gasteiger partial charge is 0.331 e. The molecule has 130 valence electrons. The highest BCUT2D eigenvalue weighted by molar-refractivity contribution is 6.23. The van der Waals surface area contributed by atoms with Gasteiger partial charge in [-0.05, 0) is 55.4 Å². The second-order valence-corrected chi connectivity index (χ2v) is 6.98. The van der Waals surface area contributed by atoms with Gasteiger partial charge in [0, 0.05) is 12.3 Å². The van der Waals surface area contributed by atoms with Crippen LogP contribution in [0.1, 0.15) is 25.7 Å². The summed E-state index contributed by atoms with van der Waals surface area (Å²) in [5.74, 6) is -1.81. The van der Waals surface area contributed by atoms with Gasteiger partial charge in [-0.2, -0.15) is 0 Å². The highest BCUT2D eigenvalue weighted by Crippen LogP contribution is 2.47. The Morgan fingerprint density at radius 2 is 1.88 bits per heavy atom. The number of barbiturate groups is 1. The fourth-order valence-corrected chi connectivity index (χ4v) is 4.27. The predicted molar refractivity (Wildman–Crippen MR) is 87.7 cm³/mol. The van der Waals surface area contributed by atoms with Crippen molar-refractivity contribution in [3.05, 3.63) is 30.1 Å². The quantitative estimate of drug-likeness (QED) is 0.676. The van der Waals surface area contributed by atoms with E-state index in [-0.39, 0.29) is 6.04 Å². The van der Waals surface area contributed by atoms with E-state index in [4.69, 9.17) is 0 Å². The molecule has 0 unspecified atom stereocenters. The van der Waals surface area contributed by atoms with Crippen LogP contribution in [0.15, 0.2) is 29.3 Å². The summed E-state index contributed by atoms with van der Waals surface area (Å²) in [4.78, 5) is 42.4. The van der Waals surface area contributed by atoms with E-state index in [9.17, 15) is 18.8 Å². The van der Waals surface area contributed by atoms with Crippen molar-refractivity contribution in [3.8, 4) is 0 Å². The molecule has 4 amide bonds. The van der Waals surface area contributed by atoms with Gasteiger partial charge in [0.05, 0.1) is 5.69 Å². The number of benzene rings is 1. The second kappa shape index (κ2) is 6.06. The molecule has 1 N–H and O–H groups in total. The predicted octanol–water partition coefficient (Wildman–Crippen LogP) is 2.41. The van der Waals surface area contributed by atoms with Gasteiger partial charge in [0.1, 0.15) is 5.82 Å². The van der Waals surface area contributed by atoms with Crippen molar-refractivity contribution in [2.24, 2.45) is 22.7 Å². The maximum Gasteiger partial charge on any atom is 0.331 e. The fraction of sp³-hybridized carbons (Fsp3) is 0.444. The molecule has 2 aliphatic carbocycles. The van der Waals surface area contributed by atoms with E-state index in [2.05, 4.69) is 10.3 Å². The standard InChI is InChI=1S/C18H18FN3O3/c19-12-3-5-13(6-4-12)20-9-14-16(23)21-18(25)22(17(14)24)15-8-10-1-2-11(15)7-10/h3-6,9-11,14-15H,1-2,7-8H2,(H,21,23,25)/t10-,11-,14+,15-/m0/s1. The summed E-state index contributed by atoms with van der Waals surface area (Å²) in [6, 6.07) is 4.66. The number of rotatable bonds is 3. The van der Waals surface area contributed by atoms with E-state index >= 15 is 0 Å². The molecular formula is C18H18FN3O3. The number of carbonyl (C=O) groups excluding carboxylic acids is 3. The monoisotopic (exact) mass is 343 g/mol. The first-order chi connectivity index (χ1) is 12.0. The third-order valence-electron chi connectivity index (χ3n) is 5.47. The number of halogens is 1. The van der Waals surface area contributed by atoms with Crippen molar-refractivity contribution in [1.82, 2.24) is 10.2 Å². The minimum Gasteiger partial charge on any atom is -0.277 e. The van der Waals surface area contributed by atoms with Gasteiger partial charge >= 0.3 is 6.03 Å². The van der Waals surface area contributed by atoms with Crippen molar-refractivity contribution < 1.29 is 18.8 Å². The normalized spacial score (nSPS) is 31.9. The lowest BCUT2D eigenvalue weighted by atomic mass is 9.92. The molecule has 3 fully saturated rings. The van der Waals surface area contributed by atoms with Gasteiger partial charge in [-0.25, -0.2) is 9.18 Å². The Labute approximate surface area is 144 Å². The molecule has 1 aromatic carbocycles. The Bertz CT molecular complexity index is 761. The number of hydrogen-bond acceptors (Lipinski definition) is 4. The Morgan fingerprint density at radius 1 is 1.12 bits per heavy atom. The number of imide groups is 2. The van der Waals surface area contributed by atoms with Crippen LogP contribution in [0, 0.1) is 23.6 Å². The summed E-state index contributed by atoms with van der Waals surface area (Å²) < 4.78 is 12.9. The van der Waals surface area contributed by atoms with Gasteiger partial charge in [-0.3, -0.25) is 24.8 Å². The maximum atomic E-state index is 12.9. The molecule has 4 rings (SSSR count). The first-order valence-corrected chi connectivity index (χ1v) is 8.50. The third-order valence-corrected chi connectivity index (χ3v) is 5.47. The summed E-state index contributed by atoms with van der Waals surface area (Å²) in [5.41, 5.74) is 0.436. The van der Waals surface area contributed by atoms with Gasteiger partial charge in [0.15, 0.2) is 5.92 Å². The van der Waals surface area contributed by atoms with Crippen molar-refractivity contribution in [2.75, 3.05) is 0 Å². The SMILES string of the molecule is O=C1NC(=O)N([C@H]2C[C@H]3CC[C@H]2C3)C(=O)[C@@H]1C=Nc1ccc(F)cc1. The van der Waals surface area contributed by atoms with Gasteiger partial charge in [-0.1, -0.05) is 6.42 Å². The molecule has 1 saturated heterocycles. The maximum absolute atomic E-state index is 12.9. The smallest absolute Gasteiger partial charge is 0.277 e. The first-order valence-electron chi connectivity index (χ1n) is 8.50. The minimum absolute atomic E-state index is 0.124. The van der Waals surface area contributed by atoms with Crippen molar-refractivity contribution >= 4 is 29.7 Å². The molecule has 1 aromatic rings. The van der Waals surface area contributed by atoms with Crippen molar-refractivity contribution in [2.45, 2.75) is 31.7 Å². The average Bonchev–Trinajstić information content (AvgIpc) is 3.19. The van der Waals surface area contributed by atoms with Crippen LogP contribution in [0.3, 0.4) is 0 Å². The van der Waals surface area contributed by atoms with E-state index in [1.165, 1.54) is 35.4 Å². The Morgan fingerprint density at radius 3 is 2.52 bits per heavy atom. The molecule has 3 aliphatic rings. The van der Waals surface area contributed by atoms with Gasteiger partial charge in [-0.15, -0.1) is 0 Å². The van der Waals surface area contributed by atoms with Crippen LogP contribution in [0.4, 0.5) is 14.9 Å². The zero-order valence-electron chi connectivity index (χ0n) is 13.5. The number of aliphatic imine (C=N–C) groups is 1. The molecule has 1 aliphatic heterocycles. The number of nitrogens with zero attached hydrogens (tertiary/aromatic N) is 2. The highest BCUT2D eigenvalue weighted by Gasteiger charge is 2.50. The number of fused-ring (bicyclic) bond motifs is 2. The zero-order chi connectivity index (χ0) is 17.6. The van der Waals surface area contributed by atoms with E-state index in [0.29, 0.717) is 17.5 Å².